The van der Waals surface area contributed by atoms with Gasteiger partial charge in [0.25, 0.3) is 0 Å². The number of aryl methyl sites for hydroxylation is 2. The molecule has 0 bridgehead atoms. The second-order valence-electron chi connectivity index (χ2n) is 7.49. The highest BCUT2D eigenvalue weighted by Gasteiger charge is 2.23. The molecule has 0 saturated carbocycles. The third kappa shape index (κ3) is 7.20. The van der Waals surface area contributed by atoms with Crippen molar-refractivity contribution in [2.24, 2.45) is 0 Å². The van der Waals surface area contributed by atoms with Crippen molar-refractivity contribution < 1.29 is 19.2 Å². The van der Waals surface area contributed by atoms with Crippen molar-refractivity contribution in [3.05, 3.63) is 96.1 Å². The zero-order valence-electron chi connectivity index (χ0n) is 20.7. The summed E-state index contributed by atoms with van der Waals surface area (Å²) < 4.78 is 0. The highest BCUT2D eigenvalue weighted by Crippen LogP contribution is 2.49. The fourth-order valence-corrected chi connectivity index (χ4v) is 4.25. The predicted octanol–water partition coefficient (Wildman–Crippen LogP) is 6.89. The molecule has 0 saturated heterocycles. The van der Waals surface area contributed by atoms with Gasteiger partial charge in [0.15, 0.2) is 0 Å². The first-order chi connectivity index (χ1) is 18.4. The molecule has 188 valence electrons. The van der Waals surface area contributed by atoms with Crippen molar-refractivity contribution in [1.82, 2.24) is 0 Å². The molecule has 0 aromatic heterocycles. The van der Waals surface area contributed by atoms with E-state index >= 15 is 0 Å². The molecule has 4 aromatic rings. The molecule has 0 aliphatic heterocycles. The second-order valence-corrected chi connectivity index (χ2v) is 7.49. The number of isocyanates is 4. The molecule has 0 amide bonds. The minimum atomic E-state index is 0.750. The van der Waals surface area contributed by atoms with Crippen LogP contribution in [-0.2, 0) is 19.2 Å². The number of carbonyl (C=O) groups excluding carboxylic acids is 4. The van der Waals surface area contributed by atoms with Gasteiger partial charge in [0, 0.05) is 0 Å². The fraction of sp³-hybridized carbons (Fsp3) is 0.0667. The van der Waals surface area contributed by atoms with Crippen molar-refractivity contribution in [3.63, 3.8) is 0 Å². The summed E-state index contributed by atoms with van der Waals surface area (Å²) in [4.78, 5) is 33.4. The van der Waals surface area contributed by atoms with Crippen LogP contribution in [0.25, 0.3) is 44.5 Å². The van der Waals surface area contributed by atoms with Crippen LogP contribution in [0.1, 0.15) is 11.1 Å². The minimum Gasteiger partial charge on any atom is -0.222 e. The van der Waals surface area contributed by atoms with E-state index in [4.69, 9.17) is 40.8 Å². The molecule has 0 spiro atoms. The Balaban J connectivity index is 0.000000271. The van der Waals surface area contributed by atoms with E-state index in [-0.39, 0.29) is 0 Å². The number of hydrogen-bond acceptors (Lipinski definition) is 8. The Kier molecular flexibility index (Phi) is 12.9. The molecule has 8 nitrogen and oxygen atoms in total. The van der Waals surface area contributed by atoms with Crippen LogP contribution in [0.4, 0.5) is 0 Å². The summed E-state index contributed by atoms with van der Waals surface area (Å²) in [6.07, 6.45) is 3.00. The highest BCUT2D eigenvalue weighted by atomic mass is 16.1. The van der Waals surface area contributed by atoms with E-state index in [0.29, 0.717) is 0 Å². The van der Waals surface area contributed by atoms with Gasteiger partial charge in [0.1, 0.15) is 0 Å². The maximum absolute atomic E-state index is 8.35. The Morgan fingerprint density at radius 1 is 0.395 bits per heavy atom. The van der Waals surface area contributed by atoms with Crippen LogP contribution >= 0.6 is 0 Å². The number of fused-ring (bicyclic) bond motifs is 8. The molecular weight excluding hydrogens is 480 g/mol. The van der Waals surface area contributed by atoms with Gasteiger partial charge in [-0.15, -0.1) is 0 Å². The first-order valence-corrected chi connectivity index (χ1v) is 11.0. The Hall–Kier alpha value is -5.60. The molecule has 0 unspecified atom stereocenters. The number of hydrogen-bond donors (Lipinski definition) is 4. The van der Waals surface area contributed by atoms with Crippen LogP contribution in [0.15, 0.2) is 84.9 Å². The molecule has 0 atom stereocenters. The van der Waals surface area contributed by atoms with E-state index in [1.807, 2.05) is 0 Å². The van der Waals surface area contributed by atoms with Crippen molar-refractivity contribution in [3.8, 4) is 44.5 Å². The molecule has 8 heteroatoms. The Morgan fingerprint density at radius 2 is 0.632 bits per heavy atom. The minimum absolute atomic E-state index is 0.750. The zero-order valence-corrected chi connectivity index (χ0v) is 20.7. The Bertz CT molecular complexity index is 1390. The van der Waals surface area contributed by atoms with Gasteiger partial charge in [-0.05, 0) is 69.5 Å². The lowest BCUT2D eigenvalue weighted by Crippen LogP contribution is -1.99. The van der Waals surface area contributed by atoms with Crippen molar-refractivity contribution in [1.29, 1.82) is 21.6 Å². The lowest BCUT2D eigenvalue weighted by molar-refractivity contribution is 0.562. The average Bonchev–Trinajstić information content (AvgIpc) is 2.88. The first kappa shape index (κ1) is 30.4. The van der Waals surface area contributed by atoms with E-state index in [2.05, 4.69) is 98.8 Å². The SMILES string of the molecule is Cc1cccc2c1-c1ccccc1-2.Cc1cccc2c1-c1ccccc1-2.N=C=O.N=C=O.N=C=O.N=C=O. The van der Waals surface area contributed by atoms with Gasteiger partial charge in [0.2, 0.25) is 24.3 Å². The largest absolute Gasteiger partial charge is 0.231 e. The summed E-state index contributed by atoms with van der Waals surface area (Å²) in [6.45, 7) is 4.35. The molecule has 4 aromatic carbocycles. The van der Waals surface area contributed by atoms with Crippen LogP contribution in [0, 0.1) is 35.5 Å². The summed E-state index contributed by atoms with van der Waals surface area (Å²) in [5, 5.41) is 21.6. The van der Waals surface area contributed by atoms with Crippen molar-refractivity contribution >= 4 is 24.3 Å². The van der Waals surface area contributed by atoms with Crippen LogP contribution in [0.2, 0.25) is 0 Å². The molecular formula is C30H24N4O4. The zero-order chi connectivity index (χ0) is 28.5. The van der Waals surface area contributed by atoms with Gasteiger partial charge in [-0.25, -0.2) is 40.8 Å². The van der Waals surface area contributed by atoms with Crippen LogP contribution in [0.3, 0.4) is 0 Å². The average molecular weight is 505 g/mol. The quantitative estimate of drug-likeness (QED) is 0.131. The molecule has 0 fully saturated rings. The van der Waals surface area contributed by atoms with E-state index in [9.17, 15) is 0 Å². The summed E-state index contributed by atoms with van der Waals surface area (Å²) in [7, 11) is 0. The van der Waals surface area contributed by atoms with E-state index < -0.39 is 0 Å². The first-order valence-electron chi connectivity index (χ1n) is 11.0. The molecule has 4 N–H and O–H groups in total. The van der Waals surface area contributed by atoms with Crippen LogP contribution in [-0.4, -0.2) is 24.3 Å². The second kappa shape index (κ2) is 16.1. The van der Waals surface area contributed by atoms with Gasteiger partial charge < -0.3 is 0 Å². The van der Waals surface area contributed by atoms with Crippen LogP contribution in [0.5, 0.6) is 0 Å². The van der Waals surface area contributed by atoms with Crippen LogP contribution < -0.4 is 0 Å². The third-order valence-electron chi connectivity index (χ3n) is 5.52. The lowest BCUT2D eigenvalue weighted by Gasteiger charge is -2.25. The van der Waals surface area contributed by atoms with Crippen molar-refractivity contribution in [2.75, 3.05) is 0 Å². The van der Waals surface area contributed by atoms with Gasteiger partial charge in [-0.1, -0.05) is 84.9 Å². The maximum atomic E-state index is 8.35. The summed E-state index contributed by atoms with van der Waals surface area (Å²) in [6, 6.07) is 30.2. The predicted molar refractivity (Wildman–Crippen MR) is 145 cm³/mol. The van der Waals surface area contributed by atoms with Crippen molar-refractivity contribution in [2.45, 2.75) is 13.8 Å². The maximum Gasteiger partial charge on any atom is 0.231 e. The molecule has 0 radical (unpaired) electrons. The van der Waals surface area contributed by atoms with Gasteiger partial charge in [-0.3, -0.25) is 0 Å². The summed E-state index contributed by atoms with van der Waals surface area (Å²) in [5.41, 5.74) is 14.1. The van der Waals surface area contributed by atoms with E-state index in [1.54, 1.807) is 0 Å². The van der Waals surface area contributed by atoms with Gasteiger partial charge in [-0.2, -0.15) is 0 Å². The lowest BCUT2D eigenvalue weighted by atomic mass is 9.78. The third-order valence-corrected chi connectivity index (χ3v) is 5.52. The number of rotatable bonds is 0. The molecule has 38 heavy (non-hydrogen) atoms. The standard InChI is InChI=1S/2C13H10.4CHNO/c2*1-9-5-4-8-12-10-6-2-3-7-11(10)13(9)12;4*2-1-3/h2*2-8H,1H3;4*2H. The Labute approximate surface area is 219 Å². The highest BCUT2D eigenvalue weighted by molar-refractivity contribution is 6.04. The molecule has 2 aliphatic rings. The van der Waals surface area contributed by atoms with E-state index in [1.165, 1.54) is 55.6 Å². The van der Waals surface area contributed by atoms with Gasteiger partial charge >= 0.3 is 0 Å². The van der Waals surface area contributed by atoms with Gasteiger partial charge in [0.05, 0.1) is 0 Å². The molecule has 2 aliphatic carbocycles. The Morgan fingerprint density at radius 3 is 0.921 bits per heavy atom. The molecule has 0 heterocycles. The topological polar surface area (TPSA) is 164 Å². The number of nitrogens with one attached hydrogen (secondary N) is 4. The normalized spacial score (nSPS) is 8.68. The summed E-state index contributed by atoms with van der Waals surface area (Å²) >= 11 is 0. The molecule has 6 rings (SSSR count). The van der Waals surface area contributed by atoms with E-state index in [0.717, 1.165) is 24.3 Å². The summed E-state index contributed by atoms with van der Waals surface area (Å²) in [5.74, 6) is 0. The fourth-order valence-electron chi connectivity index (χ4n) is 4.25. The smallest absolute Gasteiger partial charge is 0.222 e. The number of benzene rings is 4. The monoisotopic (exact) mass is 504 g/mol.